The highest BCUT2D eigenvalue weighted by Gasteiger charge is 2.31. The summed E-state index contributed by atoms with van der Waals surface area (Å²) in [5.74, 6) is -3.66. The molecule has 1 radical (unpaired) electrons. The first-order valence-corrected chi connectivity index (χ1v) is 12.5. The minimum absolute atomic E-state index is 0.0284. The summed E-state index contributed by atoms with van der Waals surface area (Å²) in [4.78, 5) is 63.0. The van der Waals surface area contributed by atoms with Crippen LogP contribution in [0.15, 0.2) is 84.9 Å². The summed E-state index contributed by atoms with van der Waals surface area (Å²) in [6, 6.07) is 22.4. The van der Waals surface area contributed by atoms with Gasteiger partial charge in [0.2, 0.25) is 23.5 Å². The fourth-order valence-corrected chi connectivity index (χ4v) is 3.90. The first kappa shape index (κ1) is 29.6. The number of hydrogen-bond acceptors (Lipinski definition) is 6. The minimum atomic E-state index is -1.22. The standard InChI is InChI=1S/C30H31N4O6/c1-40-23-14-12-21(13-15-23)17-25(33-27(36)18-26(31)35)29(38)34-24(16-20-8-4-2-5-9-20)28(37)30(39)32-19-22-10-6-3-7-11-22/h2-15,18,24-25H,16-17,19H2,1H3,(H2,31,35)(H,32,39)(H,33,36)(H,34,38)/t24-,25-/m0/s1. The van der Waals surface area contributed by atoms with Crippen LogP contribution in [0.3, 0.4) is 0 Å². The van der Waals surface area contributed by atoms with E-state index in [4.69, 9.17) is 10.5 Å². The van der Waals surface area contributed by atoms with Crippen LogP contribution in [0.25, 0.3) is 0 Å². The summed E-state index contributed by atoms with van der Waals surface area (Å²) < 4.78 is 5.16. The van der Waals surface area contributed by atoms with Gasteiger partial charge in [0.05, 0.1) is 7.11 Å². The maximum atomic E-state index is 13.4. The Hall–Kier alpha value is -4.99. The molecule has 0 heterocycles. The van der Waals surface area contributed by atoms with Crippen LogP contribution in [0.1, 0.15) is 16.7 Å². The molecule has 0 spiro atoms. The summed E-state index contributed by atoms with van der Waals surface area (Å²) in [6.45, 7) is 0.135. The van der Waals surface area contributed by atoms with E-state index in [1.165, 1.54) is 7.11 Å². The highest BCUT2D eigenvalue weighted by Crippen LogP contribution is 2.13. The van der Waals surface area contributed by atoms with Gasteiger partial charge in [0, 0.05) is 19.4 Å². The van der Waals surface area contributed by atoms with Crippen molar-refractivity contribution in [2.24, 2.45) is 5.73 Å². The average Bonchev–Trinajstić information content (AvgIpc) is 2.95. The van der Waals surface area contributed by atoms with E-state index in [-0.39, 0.29) is 19.4 Å². The zero-order chi connectivity index (χ0) is 28.9. The number of carbonyl (C=O) groups is 5. The van der Waals surface area contributed by atoms with E-state index >= 15 is 0 Å². The number of nitrogens with one attached hydrogen (secondary N) is 3. The Labute approximate surface area is 232 Å². The number of amides is 4. The van der Waals surface area contributed by atoms with Crippen molar-refractivity contribution in [3.63, 3.8) is 0 Å². The lowest BCUT2D eigenvalue weighted by Gasteiger charge is -2.23. The molecular weight excluding hydrogens is 512 g/mol. The molecule has 3 rings (SSSR count). The van der Waals surface area contributed by atoms with Crippen molar-refractivity contribution in [3.05, 3.63) is 108 Å². The molecule has 2 atom stereocenters. The topological polar surface area (TPSA) is 157 Å². The molecule has 4 amide bonds. The highest BCUT2D eigenvalue weighted by atomic mass is 16.5. The molecule has 0 aliphatic heterocycles. The maximum absolute atomic E-state index is 13.4. The fourth-order valence-electron chi connectivity index (χ4n) is 3.90. The first-order valence-electron chi connectivity index (χ1n) is 12.5. The van der Waals surface area contributed by atoms with Gasteiger partial charge in [0.1, 0.15) is 24.3 Å². The number of ether oxygens (including phenoxy) is 1. The molecule has 3 aromatic rings. The van der Waals surface area contributed by atoms with Gasteiger partial charge in [-0.3, -0.25) is 24.0 Å². The molecule has 10 nitrogen and oxygen atoms in total. The van der Waals surface area contributed by atoms with Crippen LogP contribution in [-0.2, 0) is 43.4 Å². The molecule has 40 heavy (non-hydrogen) atoms. The van der Waals surface area contributed by atoms with Crippen molar-refractivity contribution in [3.8, 4) is 5.75 Å². The largest absolute Gasteiger partial charge is 0.497 e. The number of hydrogen-bond donors (Lipinski definition) is 4. The SMILES string of the molecule is COc1ccc(C[C@H](NC(=O)[CH]C(N)=O)C(=O)N[C@@H](Cc2ccccc2)C(=O)C(=O)NCc2ccccc2)cc1. The number of Topliss-reactive ketones (excluding diaryl/α,β-unsaturated/α-hetero) is 1. The molecular formula is C30H31N4O6. The van der Waals surface area contributed by atoms with Gasteiger partial charge in [-0.25, -0.2) is 0 Å². The Balaban J connectivity index is 1.79. The van der Waals surface area contributed by atoms with Crippen molar-refractivity contribution >= 4 is 29.4 Å². The van der Waals surface area contributed by atoms with Crippen LogP contribution in [0.2, 0.25) is 0 Å². The van der Waals surface area contributed by atoms with E-state index in [0.717, 1.165) is 11.1 Å². The first-order chi connectivity index (χ1) is 19.2. The molecule has 0 aromatic heterocycles. The molecule has 5 N–H and O–H groups in total. The molecule has 10 heteroatoms. The normalized spacial score (nSPS) is 11.9. The number of methoxy groups -OCH3 is 1. The Morgan fingerprint density at radius 3 is 1.88 bits per heavy atom. The lowest BCUT2D eigenvalue weighted by molar-refractivity contribution is -0.140. The van der Waals surface area contributed by atoms with Crippen LogP contribution in [-0.4, -0.2) is 48.6 Å². The molecule has 0 saturated heterocycles. The molecule has 0 saturated carbocycles. The van der Waals surface area contributed by atoms with Gasteiger partial charge in [0.15, 0.2) is 0 Å². The summed E-state index contributed by atoms with van der Waals surface area (Å²) >= 11 is 0. The third-order valence-electron chi connectivity index (χ3n) is 5.94. The Kier molecular flexibility index (Phi) is 11.0. The Morgan fingerprint density at radius 2 is 1.30 bits per heavy atom. The lowest BCUT2D eigenvalue weighted by atomic mass is 9.99. The lowest BCUT2D eigenvalue weighted by Crippen LogP contribution is -2.55. The van der Waals surface area contributed by atoms with Gasteiger partial charge in [-0.15, -0.1) is 0 Å². The number of ketones is 1. The summed E-state index contributed by atoms with van der Waals surface area (Å²) in [7, 11) is 1.52. The van der Waals surface area contributed by atoms with Gasteiger partial charge < -0.3 is 26.4 Å². The second kappa shape index (κ2) is 14.8. The third-order valence-corrected chi connectivity index (χ3v) is 5.94. The zero-order valence-corrected chi connectivity index (χ0v) is 22.0. The monoisotopic (exact) mass is 543 g/mol. The molecule has 3 aromatic carbocycles. The molecule has 0 fully saturated rings. The van der Waals surface area contributed by atoms with Gasteiger partial charge in [-0.1, -0.05) is 72.8 Å². The van der Waals surface area contributed by atoms with Gasteiger partial charge >= 0.3 is 0 Å². The predicted octanol–water partition coefficient (Wildman–Crippen LogP) is 1.03. The van der Waals surface area contributed by atoms with Crippen molar-refractivity contribution in [1.82, 2.24) is 16.0 Å². The summed E-state index contributed by atoms with van der Waals surface area (Å²) in [6.07, 6.45) is 0.694. The number of primary amides is 1. The number of carbonyl (C=O) groups excluding carboxylic acids is 5. The van der Waals surface area contributed by atoms with Crippen LogP contribution >= 0.6 is 0 Å². The summed E-state index contributed by atoms with van der Waals surface area (Å²) in [5.41, 5.74) is 7.28. The highest BCUT2D eigenvalue weighted by molar-refractivity contribution is 6.38. The molecule has 0 aliphatic rings. The van der Waals surface area contributed by atoms with E-state index in [0.29, 0.717) is 17.7 Å². The van der Waals surface area contributed by atoms with Crippen LogP contribution in [0.5, 0.6) is 5.75 Å². The average molecular weight is 544 g/mol. The van der Waals surface area contributed by atoms with Crippen molar-refractivity contribution in [2.45, 2.75) is 31.5 Å². The molecule has 0 unspecified atom stereocenters. The van der Waals surface area contributed by atoms with Crippen molar-refractivity contribution in [2.75, 3.05) is 7.11 Å². The molecule has 207 valence electrons. The van der Waals surface area contributed by atoms with Crippen LogP contribution < -0.4 is 26.4 Å². The molecule has 0 bridgehead atoms. The summed E-state index contributed by atoms with van der Waals surface area (Å²) in [5, 5.41) is 7.68. The maximum Gasteiger partial charge on any atom is 0.289 e. The third kappa shape index (κ3) is 9.39. The fraction of sp³-hybridized carbons (Fsp3) is 0.200. The number of nitrogens with two attached hydrogens (primary N) is 1. The van der Waals surface area contributed by atoms with Gasteiger partial charge in [0.25, 0.3) is 5.91 Å². The Morgan fingerprint density at radius 1 is 0.750 bits per heavy atom. The van der Waals surface area contributed by atoms with Crippen molar-refractivity contribution < 1.29 is 28.7 Å². The van der Waals surface area contributed by atoms with E-state index in [2.05, 4.69) is 16.0 Å². The smallest absolute Gasteiger partial charge is 0.289 e. The van der Waals surface area contributed by atoms with Crippen LogP contribution in [0.4, 0.5) is 0 Å². The number of rotatable bonds is 14. The number of benzene rings is 3. The van der Waals surface area contributed by atoms with Crippen molar-refractivity contribution in [1.29, 1.82) is 0 Å². The zero-order valence-electron chi connectivity index (χ0n) is 22.0. The van der Waals surface area contributed by atoms with E-state index < -0.39 is 41.5 Å². The van der Waals surface area contributed by atoms with E-state index in [1.54, 1.807) is 54.6 Å². The molecule has 0 aliphatic carbocycles. The van der Waals surface area contributed by atoms with E-state index in [9.17, 15) is 24.0 Å². The predicted molar refractivity (Wildman–Crippen MR) is 147 cm³/mol. The van der Waals surface area contributed by atoms with Crippen LogP contribution in [0, 0.1) is 6.42 Å². The second-order valence-corrected chi connectivity index (χ2v) is 8.94. The van der Waals surface area contributed by atoms with Gasteiger partial charge in [-0.05, 0) is 28.8 Å². The van der Waals surface area contributed by atoms with Gasteiger partial charge in [-0.2, -0.15) is 0 Å². The van der Waals surface area contributed by atoms with E-state index in [1.807, 2.05) is 30.3 Å². The second-order valence-electron chi connectivity index (χ2n) is 8.94. The minimum Gasteiger partial charge on any atom is -0.497 e. The quantitative estimate of drug-likeness (QED) is 0.176. The Bertz CT molecular complexity index is 1310.